The number of ether oxygens (including phenoxy) is 3. The quantitative estimate of drug-likeness (QED) is 0.166. The van der Waals surface area contributed by atoms with Crippen LogP contribution < -0.4 is 10.6 Å². The summed E-state index contributed by atoms with van der Waals surface area (Å²) in [6.45, 7) is 13.7. The van der Waals surface area contributed by atoms with Gasteiger partial charge in [-0.3, -0.25) is 38.6 Å². The number of fused-ring (bicyclic) bond motifs is 2. The first-order valence-electron chi connectivity index (χ1n) is 27.0. The van der Waals surface area contributed by atoms with Crippen molar-refractivity contribution in [2.45, 2.75) is 192 Å². The minimum atomic E-state index is -3.66. The Hall–Kier alpha value is -4.82. The second-order valence-electron chi connectivity index (χ2n) is 23.8. The third-order valence-corrected chi connectivity index (χ3v) is 18.6. The Labute approximate surface area is 455 Å². The molecule has 6 amide bonds. The predicted octanol–water partition coefficient (Wildman–Crippen LogP) is 2.59. The van der Waals surface area contributed by atoms with Crippen LogP contribution >= 0.6 is 0 Å². The number of hydrogen-bond donors (Lipinski definition) is 3. The van der Waals surface area contributed by atoms with Crippen LogP contribution in [0.2, 0.25) is 0 Å². The average molecular weight is 1130 g/mol. The van der Waals surface area contributed by atoms with Gasteiger partial charge in [-0.2, -0.15) is 8.61 Å². The van der Waals surface area contributed by atoms with E-state index in [0.29, 0.717) is 12.8 Å². The summed E-state index contributed by atoms with van der Waals surface area (Å²) < 4.78 is 67.9. The van der Waals surface area contributed by atoms with E-state index in [1.54, 1.807) is 60.3 Å². The topological polar surface area (TPSA) is 296 Å². The fourth-order valence-electron chi connectivity index (χ4n) is 11.9. The number of likely N-dealkylation sites (N-methyl/N-ethyl adjacent to an activating group) is 2. The first kappa shape index (κ1) is 63.0. The molecule has 4 saturated heterocycles. The number of nitrogens with zero attached hydrogens (tertiary/aromatic N) is 6. The van der Waals surface area contributed by atoms with Gasteiger partial charge in [0.25, 0.3) is 0 Å². The summed E-state index contributed by atoms with van der Waals surface area (Å²) in [5.74, 6) is -5.59. The molecular formula is C51H86N8O16S2. The third kappa shape index (κ3) is 15.3. The molecule has 0 radical (unpaired) electrons. The van der Waals surface area contributed by atoms with Crippen LogP contribution in [0.4, 0.5) is 9.59 Å². The monoisotopic (exact) mass is 1130 g/mol. The number of amides is 6. The van der Waals surface area contributed by atoms with Crippen molar-refractivity contribution in [3.8, 4) is 0 Å². The molecule has 4 aliphatic heterocycles. The predicted molar refractivity (Wildman–Crippen MR) is 281 cm³/mol. The molecule has 26 heteroatoms. The first-order chi connectivity index (χ1) is 35.6. The number of esters is 1. The minimum absolute atomic E-state index is 0.0528. The van der Waals surface area contributed by atoms with Crippen LogP contribution in [0.5, 0.6) is 0 Å². The molecule has 0 aromatic rings. The Balaban J connectivity index is 0.000000284. The van der Waals surface area contributed by atoms with Gasteiger partial charge in [0.2, 0.25) is 43.7 Å². The van der Waals surface area contributed by atoms with E-state index >= 15 is 0 Å². The Kier molecular flexibility index (Phi) is 20.5. The summed E-state index contributed by atoms with van der Waals surface area (Å²) in [7, 11) is -3.10. The number of nitrogens with one attached hydrogen (secondary N) is 2. The van der Waals surface area contributed by atoms with E-state index in [-0.39, 0.29) is 43.9 Å². The zero-order valence-corrected chi connectivity index (χ0v) is 48.9. The van der Waals surface area contributed by atoms with E-state index in [1.807, 2.05) is 0 Å². The van der Waals surface area contributed by atoms with Crippen molar-refractivity contribution in [1.29, 1.82) is 0 Å². The van der Waals surface area contributed by atoms with Crippen LogP contribution in [0.1, 0.15) is 132 Å². The first-order valence-corrected chi connectivity index (χ1v) is 30.7. The fourth-order valence-corrected chi connectivity index (χ4v) is 14.2. The Morgan fingerprint density at radius 3 is 1.22 bits per heavy atom. The second-order valence-corrected chi connectivity index (χ2v) is 27.7. The number of carboxylic acids is 1. The molecule has 438 valence electrons. The lowest BCUT2D eigenvalue weighted by Gasteiger charge is -2.37. The van der Waals surface area contributed by atoms with Gasteiger partial charge in [0.1, 0.15) is 35.4 Å². The third-order valence-electron chi connectivity index (χ3n) is 16.1. The number of methoxy groups -OCH3 is 1. The number of carboxylic acid groups (broad SMARTS) is 1. The van der Waals surface area contributed by atoms with Crippen LogP contribution in [-0.4, -0.2) is 217 Å². The highest BCUT2D eigenvalue weighted by molar-refractivity contribution is 7.88. The van der Waals surface area contributed by atoms with Crippen LogP contribution in [0.3, 0.4) is 0 Å². The number of hydrogen-bond acceptors (Lipinski definition) is 15. The van der Waals surface area contributed by atoms with Gasteiger partial charge in [0, 0.05) is 52.4 Å². The van der Waals surface area contributed by atoms with E-state index in [4.69, 9.17) is 14.2 Å². The molecule has 0 unspecified atom stereocenters. The van der Waals surface area contributed by atoms with Crippen molar-refractivity contribution >= 4 is 67.8 Å². The Morgan fingerprint density at radius 2 is 0.909 bits per heavy atom. The molecular weight excluding hydrogens is 1040 g/mol. The Morgan fingerprint density at radius 1 is 0.571 bits per heavy atom. The van der Waals surface area contributed by atoms with Gasteiger partial charge in [0.05, 0.1) is 43.5 Å². The summed E-state index contributed by atoms with van der Waals surface area (Å²) in [4.78, 5) is 110. The molecule has 2 saturated carbocycles. The molecule has 0 aromatic heterocycles. The molecule has 0 bridgehead atoms. The number of sulfonamides is 2. The molecule has 0 spiro atoms. The molecule has 4 heterocycles. The number of aliphatic carboxylic acids is 1. The van der Waals surface area contributed by atoms with Crippen molar-refractivity contribution < 1.29 is 74.5 Å². The van der Waals surface area contributed by atoms with Crippen LogP contribution in [0.15, 0.2) is 0 Å². The van der Waals surface area contributed by atoms with Gasteiger partial charge in [-0.25, -0.2) is 26.4 Å². The van der Waals surface area contributed by atoms with E-state index < -0.39 is 133 Å². The highest BCUT2D eigenvalue weighted by atomic mass is 32.2. The molecule has 2 aliphatic carbocycles. The lowest BCUT2D eigenvalue weighted by Crippen LogP contribution is -2.58. The second kappa shape index (κ2) is 25.1. The van der Waals surface area contributed by atoms with Gasteiger partial charge >= 0.3 is 24.1 Å². The van der Waals surface area contributed by atoms with Crippen LogP contribution in [0.25, 0.3) is 0 Å². The van der Waals surface area contributed by atoms with E-state index in [9.17, 15) is 60.3 Å². The summed E-state index contributed by atoms with van der Waals surface area (Å²) >= 11 is 0. The van der Waals surface area contributed by atoms with Gasteiger partial charge in [-0.15, -0.1) is 0 Å². The van der Waals surface area contributed by atoms with Crippen LogP contribution in [0, 0.1) is 23.7 Å². The van der Waals surface area contributed by atoms with E-state index in [0.717, 1.165) is 76.7 Å². The zero-order chi connectivity index (χ0) is 57.9. The molecule has 24 nitrogen and oxygen atoms in total. The lowest BCUT2D eigenvalue weighted by molar-refractivity contribution is -0.149. The van der Waals surface area contributed by atoms with Gasteiger partial charge in [-0.1, -0.05) is 38.5 Å². The summed E-state index contributed by atoms with van der Waals surface area (Å²) in [5.41, 5.74) is -1.47. The maximum atomic E-state index is 14.1. The summed E-state index contributed by atoms with van der Waals surface area (Å²) in [5, 5.41) is 15.6. The van der Waals surface area contributed by atoms with Gasteiger partial charge in [0.15, 0.2) is 0 Å². The lowest BCUT2D eigenvalue weighted by atomic mass is 9.83. The normalized spacial score (nSPS) is 26.1. The molecule has 10 atom stereocenters. The maximum absolute atomic E-state index is 14.1. The van der Waals surface area contributed by atoms with Gasteiger partial charge in [-0.05, 0) is 106 Å². The summed E-state index contributed by atoms with van der Waals surface area (Å²) in [6.07, 6.45) is 10.3. The van der Waals surface area contributed by atoms with E-state index in [1.165, 1.54) is 44.5 Å². The number of likely N-dealkylation sites (tertiary alicyclic amines) is 2. The van der Waals surface area contributed by atoms with Crippen LogP contribution in [-0.2, 0) is 63.0 Å². The van der Waals surface area contributed by atoms with Crippen molar-refractivity contribution in [3.63, 3.8) is 0 Å². The highest BCUT2D eigenvalue weighted by Crippen LogP contribution is 2.41. The van der Waals surface area contributed by atoms with Crippen molar-refractivity contribution in [1.82, 2.24) is 38.8 Å². The van der Waals surface area contributed by atoms with Crippen molar-refractivity contribution in [3.05, 3.63) is 0 Å². The molecule has 6 rings (SSSR count). The number of carbonyl (C=O) groups excluding carboxylic acids is 7. The van der Waals surface area contributed by atoms with E-state index in [2.05, 4.69) is 10.6 Å². The number of carbonyl (C=O) groups is 8. The largest absolute Gasteiger partial charge is 0.481 e. The molecule has 0 aromatic carbocycles. The number of rotatable bonds is 14. The average Bonchev–Trinajstić information content (AvgIpc) is 4.14. The maximum Gasteiger partial charge on any atom is 0.410 e. The van der Waals surface area contributed by atoms with Gasteiger partial charge < -0.3 is 39.8 Å². The minimum Gasteiger partial charge on any atom is -0.481 e. The molecule has 6 fully saturated rings. The summed E-state index contributed by atoms with van der Waals surface area (Å²) in [6, 6.07) is -6.23. The smallest absolute Gasteiger partial charge is 0.410 e. The molecule has 6 aliphatic rings. The molecule has 77 heavy (non-hydrogen) atoms. The Bertz CT molecular complexity index is 2420. The highest BCUT2D eigenvalue weighted by Gasteiger charge is 2.58. The SMILES string of the molecule is COC(=O)[C@H]1CN(S(C)(=O)=O)[C@@H]2CCN(C(=O)[C@@H](NC(=O)[C@H](C)N(C)C(=O)OC(C)(C)C)C3CCCCC3)[C@H]12.C[C@@H](C(=O)N[C@H](C(=O)N1CC[C@@H]2[C@H]1[C@@H](C(=O)O)CN2S(C)(=O)=O)C1CCCCC1)N(C)C(=O)OC(C)(C)C. The fraction of sp³-hybridized carbons (Fsp3) is 0.843. The standard InChI is InChI=1S/C26H44N4O8S.C25H42N4O8S/c1-16(28(5)25(34)38-26(2,3)4)22(31)27-20(17-11-9-8-10-12-17)23(32)29-14-13-19-21(29)18(24(33)37-6)15-30(19)39(7,35)36;1-15(27(5)24(34)37-25(2,3)4)21(30)26-19(16-10-8-7-9-11-16)22(31)28-13-12-18-20(28)17(23(32)33)14-29(18)38(6,35)36/h16-21H,8-15H2,1-7H3,(H,27,31);15-20H,7-14H2,1-6H3,(H,26,30)(H,32,33)/t16-,18-,19+,20-,21+;15-,17-,18+,19-,20+/m00/s1. The molecule has 3 N–H and O–H groups in total. The zero-order valence-electron chi connectivity index (χ0n) is 47.3. The van der Waals surface area contributed by atoms with Crippen molar-refractivity contribution in [2.24, 2.45) is 23.7 Å². The van der Waals surface area contributed by atoms with Crippen molar-refractivity contribution in [2.75, 3.05) is 59.9 Å².